The van der Waals surface area contributed by atoms with Gasteiger partial charge in [-0.3, -0.25) is 4.79 Å². The molecule has 116 valence electrons. The molecule has 2 N–H and O–H groups in total. The first-order valence-electron chi connectivity index (χ1n) is 6.88. The summed E-state index contributed by atoms with van der Waals surface area (Å²) in [4.78, 5) is 14.1. The van der Waals surface area contributed by atoms with E-state index in [0.29, 0.717) is 23.6 Å². The van der Waals surface area contributed by atoms with Crippen LogP contribution in [0.5, 0.6) is 5.75 Å². The van der Waals surface area contributed by atoms with E-state index in [2.05, 4.69) is 0 Å². The topological polar surface area (TPSA) is 89.7 Å². The molecule has 1 saturated heterocycles. The van der Waals surface area contributed by atoms with Crippen molar-refractivity contribution in [3.8, 4) is 5.75 Å². The van der Waals surface area contributed by atoms with Gasteiger partial charge in [0, 0.05) is 18.2 Å². The van der Waals surface area contributed by atoms with Crippen LogP contribution in [-0.4, -0.2) is 49.9 Å². The van der Waals surface area contributed by atoms with Gasteiger partial charge in [-0.25, -0.2) is 8.42 Å². The molecule has 21 heavy (non-hydrogen) atoms. The minimum atomic E-state index is -3.04. The van der Waals surface area contributed by atoms with E-state index in [-0.39, 0.29) is 30.0 Å². The van der Waals surface area contributed by atoms with Crippen LogP contribution in [0.25, 0.3) is 0 Å². The van der Waals surface area contributed by atoms with Crippen molar-refractivity contribution >= 4 is 21.4 Å². The van der Waals surface area contributed by atoms with E-state index in [1.165, 1.54) is 0 Å². The molecule has 1 aliphatic heterocycles. The van der Waals surface area contributed by atoms with Crippen molar-refractivity contribution < 1.29 is 17.9 Å². The van der Waals surface area contributed by atoms with E-state index in [9.17, 15) is 13.2 Å². The highest BCUT2D eigenvalue weighted by molar-refractivity contribution is 7.91. The van der Waals surface area contributed by atoms with Gasteiger partial charge in [-0.05, 0) is 32.0 Å². The number of nitrogens with zero attached hydrogens (tertiary/aromatic N) is 1. The van der Waals surface area contributed by atoms with Gasteiger partial charge in [0.25, 0.3) is 5.91 Å². The van der Waals surface area contributed by atoms with Crippen molar-refractivity contribution in [2.24, 2.45) is 0 Å². The lowest BCUT2D eigenvalue weighted by molar-refractivity contribution is 0.0712. The Morgan fingerprint density at radius 3 is 2.76 bits per heavy atom. The second-order valence-corrected chi connectivity index (χ2v) is 7.38. The molecular formula is C14H20N2O4S. The number of ether oxygens (including phenoxy) is 1. The average molecular weight is 312 g/mol. The highest BCUT2D eigenvalue weighted by Crippen LogP contribution is 2.24. The molecule has 1 unspecified atom stereocenters. The fourth-order valence-corrected chi connectivity index (χ4v) is 3.99. The molecule has 7 heteroatoms. The minimum absolute atomic E-state index is 0.00521. The van der Waals surface area contributed by atoms with Crippen molar-refractivity contribution in [2.45, 2.75) is 19.9 Å². The highest BCUT2D eigenvalue weighted by atomic mass is 32.2. The molecule has 0 aliphatic carbocycles. The van der Waals surface area contributed by atoms with Crippen molar-refractivity contribution in [2.75, 3.05) is 30.4 Å². The Morgan fingerprint density at radius 2 is 2.19 bits per heavy atom. The van der Waals surface area contributed by atoms with Crippen LogP contribution in [0.2, 0.25) is 0 Å². The van der Waals surface area contributed by atoms with Gasteiger partial charge in [0.05, 0.1) is 23.8 Å². The maximum Gasteiger partial charge on any atom is 0.254 e. The predicted octanol–water partition coefficient (Wildman–Crippen LogP) is 0.927. The molecule has 0 aromatic heterocycles. The zero-order chi connectivity index (χ0) is 15.6. The number of hydrogen-bond donors (Lipinski definition) is 1. The zero-order valence-corrected chi connectivity index (χ0v) is 13.0. The fourth-order valence-electron chi connectivity index (χ4n) is 2.43. The fraction of sp³-hybridized carbons (Fsp3) is 0.500. The molecular weight excluding hydrogens is 292 g/mol. The molecule has 2 rings (SSSR count). The number of amides is 1. The minimum Gasteiger partial charge on any atom is -0.492 e. The Morgan fingerprint density at radius 1 is 1.48 bits per heavy atom. The molecule has 1 aliphatic rings. The standard InChI is InChI=1S/C14H20N2O4S/c1-3-20-13-5-4-11(8-12(13)15)14(17)16-6-7-21(18,19)9-10(16)2/h4-5,8,10H,3,6-7,9,15H2,1-2H3. The van der Waals surface area contributed by atoms with Gasteiger partial charge in [0.2, 0.25) is 0 Å². The Kier molecular flexibility index (Phi) is 4.41. The lowest BCUT2D eigenvalue weighted by Gasteiger charge is -2.33. The lowest BCUT2D eigenvalue weighted by Crippen LogP contribution is -2.49. The number of sulfone groups is 1. The molecule has 1 aromatic carbocycles. The molecule has 1 amide bonds. The van der Waals surface area contributed by atoms with E-state index < -0.39 is 9.84 Å². The Balaban J connectivity index is 2.19. The number of hydrogen-bond acceptors (Lipinski definition) is 5. The Labute approximate surface area is 124 Å². The summed E-state index contributed by atoms with van der Waals surface area (Å²) in [6, 6.07) is 4.56. The number of nitrogen functional groups attached to an aromatic ring is 1. The third-order valence-electron chi connectivity index (χ3n) is 3.49. The Hall–Kier alpha value is -1.76. The zero-order valence-electron chi connectivity index (χ0n) is 12.2. The molecule has 0 radical (unpaired) electrons. The van der Waals surface area contributed by atoms with Crippen LogP contribution < -0.4 is 10.5 Å². The molecule has 0 spiro atoms. The summed E-state index contributed by atoms with van der Waals surface area (Å²) in [6.07, 6.45) is 0. The maximum absolute atomic E-state index is 12.5. The first-order chi connectivity index (χ1) is 9.84. The smallest absolute Gasteiger partial charge is 0.254 e. The van der Waals surface area contributed by atoms with Gasteiger partial charge in [-0.1, -0.05) is 0 Å². The van der Waals surface area contributed by atoms with Gasteiger partial charge >= 0.3 is 0 Å². The number of nitrogens with two attached hydrogens (primary N) is 1. The predicted molar refractivity (Wildman–Crippen MR) is 81.2 cm³/mol. The number of benzene rings is 1. The molecule has 6 nitrogen and oxygen atoms in total. The van der Waals surface area contributed by atoms with Crippen molar-refractivity contribution in [3.63, 3.8) is 0 Å². The third kappa shape index (κ3) is 3.47. The number of anilines is 1. The maximum atomic E-state index is 12.5. The summed E-state index contributed by atoms with van der Waals surface area (Å²) >= 11 is 0. The van der Waals surface area contributed by atoms with Crippen LogP contribution >= 0.6 is 0 Å². The Bertz CT molecular complexity index is 642. The van der Waals surface area contributed by atoms with Gasteiger partial charge < -0.3 is 15.4 Å². The quantitative estimate of drug-likeness (QED) is 0.839. The summed E-state index contributed by atoms with van der Waals surface area (Å²) in [7, 11) is -3.04. The van der Waals surface area contributed by atoms with Crippen molar-refractivity contribution in [1.82, 2.24) is 4.90 Å². The molecule has 1 atom stereocenters. The van der Waals surface area contributed by atoms with Crippen molar-refractivity contribution in [1.29, 1.82) is 0 Å². The third-order valence-corrected chi connectivity index (χ3v) is 5.28. The van der Waals surface area contributed by atoms with Gasteiger partial charge in [-0.15, -0.1) is 0 Å². The second-order valence-electron chi connectivity index (χ2n) is 5.15. The van der Waals surface area contributed by atoms with Gasteiger partial charge in [-0.2, -0.15) is 0 Å². The average Bonchev–Trinajstić information content (AvgIpc) is 2.39. The van der Waals surface area contributed by atoms with E-state index in [0.717, 1.165) is 0 Å². The van der Waals surface area contributed by atoms with Gasteiger partial charge in [0.15, 0.2) is 9.84 Å². The normalized spacial score (nSPS) is 21.0. The SMILES string of the molecule is CCOc1ccc(C(=O)N2CCS(=O)(=O)CC2C)cc1N. The summed E-state index contributed by atoms with van der Waals surface area (Å²) in [5, 5.41) is 0. The van der Waals surface area contributed by atoms with E-state index in [4.69, 9.17) is 10.5 Å². The van der Waals surface area contributed by atoms with Crippen LogP contribution in [0.1, 0.15) is 24.2 Å². The van der Waals surface area contributed by atoms with Crippen LogP contribution in [0.4, 0.5) is 5.69 Å². The molecule has 1 aromatic rings. The highest BCUT2D eigenvalue weighted by Gasteiger charge is 2.31. The summed E-state index contributed by atoms with van der Waals surface area (Å²) < 4.78 is 28.5. The second kappa shape index (κ2) is 5.93. The van der Waals surface area contributed by atoms with Gasteiger partial charge in [0.1, 0.15) is 5.75 Å². The molecule has 0 saturated carbocycles. The summed E-state index contributed by atoms with van der Waals surface area (Å²) in [5.74, 6) is 0.358. The first-order valence-corrected chi connectivity index (χ1v) is 8.70. The van der Waals surface area contributed by atoms with Crippen LogP contribution in [0.15, 0.2) is 18.2 Å². The summed E-state index contributed by atoms with van der Waals surface area (Å²) in [5.41, 5.74) is 6.71. The molecule has 1 heterocycles. The van der Waals surface area contributed by atoms with Crippen molar-refractivity contribution in [3.05, 3.63) is 23.8 Å². The molecule has 1 fully saturated rings. The van der Waals surface area contributed by atoms with E-state index in [1.807, 2.05) is 6.92 Å². The largest absolute Gasteiger partial charge is 0.492 e. The van der Waals surface area contributed by atoms with E-state index in [1.54, 1.807) is 30.0 Å². The number of carbonyl (C=O) groups excluding carboxylic acids is 1. The van der Waals surface area contributed by atoms with Crippen LogP contribution in [0.3, 0.4) is 0 Å². The lowest BCUT2D eigenvalue weighted by atomic mass is 10.1. The number of carbonyl (C=O) groups is 1. The first kappa shape index (κ1) is 15.6. The molecule has 0 bridgehead atoms. The van der Waals surface area contributed by atoms with Crippen LogP contribution in [0, 0.1) is 0 Å². The summed E-state index contributed by atoms with van der Waals surface area (Å²) in [6.45, 7) is 4.31. The monoisotopic (exact) mass is 312 g/mol. The number of rotatable bonds is 3. The van der Waals surface area contributed by atoms with E-state index >= 15 is 0 Å². The van der Waals surface area contributed by atoms with Crippen LogP contribution in [-0.2, 0) is 9.84 Å².